The van der Waals surface area contributed by atoms with Crippen LogP contribution in [-0.2, 0) is 13.1 Å². The smallest absolute Gasteiger partial charge is 0.304 e. The fourth-order valence-corrected chi connectivity index (χ4v) is 2.42. The molecule has 1 aromatic carbocycles. The molecule has 2 N–H and O–H groups in total. The van der Waals surface area contributed by atoms with Gasteiger partial charge in [0.2, 0.25) is 0 Å². The second kappa shape index (κ2) is 5.43. The fourth-order valence-electron chi connectivity index (χ4n) is 1.39. The van der Waals surface area contributed by atoms with E-state index in [4.69, 9.17) is 0 Å². The van der Waals surface area contributed by atoms with Gasteiger partial charge >= 0.3 is 4.87 Å². The number of hydrogen-bond donors (Lipinski definition) is 2. The summed E-state index contributed by atoms with van der Waals surface area (Å²) in [7, 11) is 0. The maximum absolute atomic E-state index is 10.9. The van der Waals surface area contributed by atoms with Gasteiger partial charge in [-0.25, -0.2) is 0 Å². The summed E-state index contributed by atoms with van der Waals surface area (Å²) in [6, 6.07) is 8.14. The van der Waals surface area contributed by atoms with Gasteiger partial charge in [-0.2, -0.15) is 0 Å². The van der Waals surface area contributed by atoms with Gasteiger partial charge in [-0.3, -0.25) is 4.79 Å². The van der Waals surface area contributed by atoms with E-state index in [1.807, 2.05) is 17.5 Å². The Morgan fingerprint density at radius 1 is 1.38 bits per heavy atom. The number of hydrogen-bond acceptors (Lipinski definition) is 3. The van der Waals surface area contributed by atoms with Crippen LogP contribution in [0.15, 0.2) is 38.9 Å². The van der Waals surface area contributed by atoms with Gasteiger partial charge in [0.15, 0.2) is 0 Å². The molecule has 2 aromatic rings. The standard InChI is InChI=1S/C11H11BrN2OS/c12-9-3-1-2-8(4-9)5-13-6-10-7-16-11(15)14-10/h1-4,7,13H,5-6H2,(H,14,15). The Morgan fingerprint density at radius 3 is 2.94 bits per heavy atom. The van der Waals surface area contributed by atoms with Crippen molar-refractivity contribution in [3.63, 3.8) is 0 Å². The number of benzene rings is 1. The Morgan fingerprint density at radius 2 is 2.25 bits per heavy atom. The third-order valence-electron chi connectivity index (χ3n) is 2.10. The topological polar surface area (TPSA) is 44.9 Å². The molecule has 0 amide bonds. The summed E-state index contributed by atoms with van der Waals surface area (Å²) < 4.78 is 1.08. The van der Waals surface area contributed by atoms with E-state index >= 15 is 0 Å². The van der Waals surface area contributed by atoms with Crippen LogP contribution in [0, 0.1) is 0 Å². The number of thiazole rings is 1. The second-order valence-electron chi connectivity index (χ2n) is 3.41. The normalized spacial score (nSPS) is 10.6. The molecule has 0 radical (unpaired) electrons. The van der Waals surface area contributed by atoms with Crippen LogP contribution in [0.5, 0.6) is 0 Å². The van der Waals surface area contributed by atoms with Crippen LogP contribution in [0.4, 0.5) is 0 Å². The van der Waals surface area contributed by atoms with E-state index in [1.165, 1.54) is 16.9 Å². The monoisotopic (exact) mass is 298 g/mol. The zero-order chi connectivity index (χ0) is 11.4. The highest BCUT2D eigenvalue weighted by Gasteiger charge is 1.97. The molecule has 16 heavy (non-hydrogen) atoms. The first-order valence-corrected chi connectivity index (χ1v) is 6.53. The van der Waals surface area contributed by atoms with E-state index in [0.717, 1.165) is 16.7 Å². The highest BCUT2D eigenvalue weighted by Crippen LogP contribution is 2.11. The predicted molar refractivity (Wildman–Crippen MR) is 69.6 cm³/mol. The second-order valence-corrected chi connectivity index (χ2v) is 5.16. The molecule has 84 valence electrons. The van der Waals surface area contributed by atoms with Crippen molar-refractivity contribution in [2.75, 3.05) is 0 Å². The molecule has 0 aliphatic rings. The van der Waals surface area contributed by atoms with Crippen molar-refractivity contribution in [3.8, 4) is 0 Å². The van der Waals surface area contributed by atoms with Crippen LogP contribution in [0.2, 0.25) is 0 Å². The van der Waals surface area contributed by atoms with Crippen molar-refractivity contribution in [1.29, 1.82) is 0 Å². The van der Waals surface area contributed by atoms with E-state index in [9.17, 15) is 4.79 Å². The zero-order valence-electron chi connectivity index (χ0n) is 8.50. The Bertz CT molecular complexity index is 520. The van der Waals surface area contributed by atoms with Crippen molar-refractivity contribution < 1.29 is 0 Å². The van der Waals surface area contributed by atoms with Gasteiger partial charge in [-0.1, -0.05) is 39.4 Å². The number of nitrogens with one attached hydrogen (secondary N) is 2. The number of aromatic nitrogens is 1. The van der Waals surface area contributed by atoms with Crippen molar-refractivity contribution >= 4 is 27.3 Å². The summed E-state index contributed by atoms with van der Waals surface area (Å²) >= 11 is 4.62. The van der Waals surface area contributed by atoms with Gasteiger partial charge in [-0.15, -0.1) is 0 Å². The lowest BCUT2D eigenvalue weighted by Gasteiger charge is -2.03. The molecular formula is C11H11BrN2OS. The van der Waals surface area contributed by atoms with E-state index in [0.29, 0.717) is 6.54 Å². The average molecular weight is 299 g/mol. The van der Waals surface area contributed by atoms with Crippen LogP contribution < -0.4 is 10.2 Å². The van der Waals surface area contributed by atoms with E-state index in [2.05, 4.69) is 38.4 Å². The molecule has 0 unspecified atom stereocenters. The summed E-state index contributed by atoms with van der Waals surface area (Å²) in [5, 5.41) is 5.12. The molecule has 0 bridgehead atoms. The summed E-state index contributed by atoms with van der Waals surface area (Å²) in [6.07, 6.45) is 0. The molecule has 2 rings (SSSR count). The Hall–Kier alpha value is -0.910. The summed E-state index contributed by atoms with van der Waals surface area (Å²) in [6.45, 7) is 1.47. The van der Waals surface area contributed by atoms with Gasteiger partial charge in [0, 0.05) is 28.6 Å². The first-order valence-electron chi connectivity index (χ1n) is 4.86. The fraction of sp³-hybridized carbons (Fsp3) is 0.182. The molecule has 0 aliphatic heterocycles. The van der Waals surface area contributed by atoms with Gasteiger partial charge in [0.05, 0.1) is 0 Å². The number of rotatable bonds is 4. The lowest BCUT2D eigenvalue weighted by molar-refractivity contribution is 0.681. The first-order chi connectivity index (χ1) is 7.74. The van der Waals surface area contributed by atoms with Crippen LogP contribution >= 0.6 is 27.3 Å². The minimum Gasteiger partial charge on any atom is -0.315 e. The van der Waals surface area contributed by atoms with E-state index in [1.54, 1.807) is 0 Å². The molecule has 0 saturated carbocycles. The minimum absolute atomic E-state index is 0.000689. The molecule has 5 heteroatoms. The number of aromatic amines is 1. The lowest BCUT2D eigenvalue weighted by Crippen LogP contribution is -2.13. The van der Waals surface area contributed by atoms with Crippen LogP contribution in [0.3, 0.4) is 0 Å². The molecule has 0 atom stereocenters. The average Bonchev–Trinajstić information content (AvgIpc) is 2.64. The largest absolute Gasteiger partial charge is 0.315 e. The van der Waals surface area contributed by atoms with Crippen molar-refractivity contribution in [2.45, 2.75) is 13.1 Å². The van der Waals surface area contributed by atoms with Crippen molar-refractivity contribution in [3.05, 3.63) is 55.0 Å². The number of halogens is 1. The lowest BCUT2D eigenvalue weighted by atomic mass is 10.2. The molecule has 0 saturated heterocycles. The SMILES string of the molecule is O=c1[nH]c(CNCc2cccc(Br)c2)cs1. The molecule has 0 fully saturated rings. The Kier molecular flexibility index (Phi) is 3.93. The van der Waals surface area contributed by atoms with Crippen LogP contribution in [0.25, 0.3) is 0 Å². The number of H-pyrrole nitrogens is 1. The minimum atomic E-state index is -0.000689. The molecule has 0 spiro atoms. The molecule has 1 aromatic heterocycles. The molecular weight excluding hydrogens is 288 g/mol. The zero-order valence-corrected chi connectivity index (χ0v) is 10.9. The first kappa shape index (κ1) is 11.6. The third kappa shape index (κ3) is 3.30. The Balaban J connectivity index is 1.86. The van der Waals surface area contributed by atoms with E-state index < -0.39 is 0 Å². The van der Waals surface area contributed by atoms with Crippen LogP contribution in [0.1, 0.15) is 11.3 Å². The van der Waals surface area contributed by atoms with Gasteiger partial charge in [0.1, 0.15) is 0 Å². The Labute approximate surface area is 106 Å². The van der Waals surface area contributed by atoms with Crippen LogP contribution in [-0.4, -0.2) is 4.98 Å². The third-order valence-corrected chi connectivity index (χ3v) is 3.32. The summed E-state index contributed by atoms with van der Waals surface area (Å²) in [4.78, 5) is 13.7. The molecule has 1 heterocycles. The molecule has 3 nitrogen and oxygen atoms in total. The predicted octanol–water partition coefficient (Wildman–Crippen LogP) is 2.49. The molecule has 0 aliphatic carbocycles. The van der Waals surface area contributed by atoms with E-state index in [-0.39, 0.29) is 4.87 Å². The van der Waals surface area contributed by atoms with Crippen molar-refractivity contribution in [2.24, 2.45) is 0 Å². The van der Waals surface area contributed by atoms with Gasteiger partial charge in [0.25, 0.3) is 0 Å². The quantitative estimate of drug-likeness (QED) is 0.911. The highest BCUT2D eigenvalue weighted by atomic mass is 79.9. The maximum atomic E-state index is 10.9. The van der Waals surface area contributed by atoms with Crippen molar-refractivity contribution in [1.82, 2.24) is 10.3 Å². The van der Waals surface area contributed by atoms with Gasteiger partial charge < -0.3 is 10.3 Å². The van der Waals surface area contributed by atoms with Gasteiger partial charge in [-0.05, 0) is 17.7 Å². The summed E-state index contributed by atoms with van der Waals surface area (Å²) in [5.41, 5.74) is 2.15. The summed E-state index contributed by atoms with van der Waals surface area (Å²) in [5.74, 6) is 0. The maximum Gasteiger partial charge on any atom is 0.304 e. The highest BCUT2D eigenvalue weighted by molar-refractivity contribution is 9.10.